The number of nitro groups is 1. The Kier molecular flexibility index (Phi) is 13.6. The SMILES string of the molecule is COc1ccc(COCC(C)N2CC(C)C(CN(C)C(=O)OC(C)(C)C)OC/C=C/CC(C)Oc3ccc([N+](=O)[O-])cc3C2=O)cc1. The van der Waals surface area contributed by atoms with Crippen LogP contribution < -0.4 is 9.47 Å². The molecule has 2 aromatic rings. The molecule has 0 saturated carbocycles. The first kappa shape index (κ1) is 37.3. The van der Waals surface area contributed by atoms with Crippen molar-refractivity contribution in [2.75, 3.05) is 40.5 Å². The molecule has 0 aromatic heterocycles. The van der Waals surface area contributed by atoms with Crippen LogP contribution in [0.1, 0.15) is 63.9 Å². The third kappa shape index (κ3) is 11.5. The molecule has 0 saturated heterocycles. The third-order valence-corrected chi connectivity index (χ3v) is 7.63. The minimum absolute atomic E-state index is 0.0876. The number of carbonyl (C=O) groups excluding carboxylic acids is 2. The summed E-state index contributed by atoms with van der Waals surface area (Å²) in [4.78, 5) is 41.5. The van der Waals surface area contributed by atoms with Gasteiger partial charge in [0.05, 0.1) is 62.2 Å². The Bertz CT molecular complexity index is 1370. The highest BCUT2D eigenvalue weighted by Crippen LogP contribution is 2.29. The minimum Gasteiger partial charge on any atom is -0.497 e. The molecule has 3 rings (SSSR count). The Labute approximate surface area is 277 Å². The fraction of sp³-hybridized carbons (Fsp3) is 0.543. The summed E-state index contributed by atoms with van der Waals surface area (Å²) in [6.07, 6.45) is 3.06. The Morgan fingerprint density at radius 1 is 1.15 bits per heavy atom. The van der Waals surface area contributed by atoms with Crippen LogP contribution in [-0.2, 0) is 20.8 Å². The first-order valence-corrected chi connectivity index (χ1v) is 15.9. The van der Waals surface area contributed by atoms with E-state index in [0.29, 0.717) is 19.6 Å². The standard InChI is InChI=1S/C35H49N3O9/c1-24-20-37(25(2)22-44-23-27-12-15-29(43-8)16-13-27)33(39)30-19-28(38(41)42)14-17-31(30)46-26(3)11-9-10-18-45-32(24)21-36(7)34(40)47-35(4,5)6/h9-10,12-17,19,24-26,32H,11,18,20-23H2,1-8H3/b10-9+. The normalized spacial score (nSPS) is 20.6. The molecule has 47 heavy (non-hydrogen) atoms. The first-order chi connectivity index (χ1) is 22.2. The maximum Gasteiger partial charge on any atom is 0.410 e. The lowest BCUT2D eigenvalue weighted by molar-refractivity contribution is -0.384. The third-order valence-electron chi connectivity index (χ3n) is 7.63. The van der Waals surface area contributed by atoms with E-state index in [1.807, 2.05) is 57.2 Å². The molecule has 1 heterocycles. The van der Waals surface area contributed by atoms with Crippen LogP contribution >= 0.6 is 0 Å². The quantitative estimate of drug-likeness (QED) is 0.174. The zero-order chi connectivity index (χ0) is 34.7. The van der Waals surface area contributed by atoms with Gasteiger partial charge in [-0.05, 0) is 58.4 Å². The van der Waals surface area contributed by atoms with Crippen LogP contribution in [0.25, 0.3) is 0 Å². The molecule has 0 radical (unpaired) electrons. The highest BCUT2D eigenvalue weighted by atomic mass is 16.6. The van der Waals surface area contributed by atoms with Crippen molar-refractivity contribution in [2.45, 2.75) is 78.4 Å². The average Bonchev–Trinajstić information content (AvgIpc) is 3.01. The summed E-state index contributed by atoms with van der Waals surface area (Å²) in [6.45, 7) is 12.3. The van der Waals surface area contributed by atoms with Gasteiger partial charge < -0.3 is 33.5 Å². The number of hydrogen-bond donors (Lipinski definition) is 0. The van der Waals surface area contributed by atoms with Crippen molar-refractivity contribution in [2.24, 2.45) is 5.92 Å². The number of hydrogen-bond acceptors (Lipinski definition) is 9. The highest BCUT2D eigenvalue weighted by molar-refractivity contribution is 5.98. The highest BCUT2D eigenvalue weighted by Gasteiger charge is 2.32. The fourth-order valence-electron chi connectivity index (χ4n) is 4.99. The molecule has 12 nitrogen and oxygen atoms in total. The summed E-state index contributed by atoms with van der Waals surface area (Å²) in [5, 5.41) is 11.7. The Hall–Kier alpha value is -4.16. The smallest absolute Gasteiger partial charge is 0.410 e. The maximum absolute atomic E-state index is 14.4. The number of nitro benzene ring substituents is 1. The van der Waals surface area contributed by atoms with E-state index in [-0.39, 0.29) is 48.7 Å². The predicted octanol–water partition coefficient (Wildman–Crippen LogP) is 6.27. The van der Waals surface area contributed by atoms with E-state index in [1.54, 1.807) is 39.8 Å². The van der Waals surface area contributed by atoms with Crippen molar-refractivity contribution in [1.29, 1.82) is 0 Å². The molecule has 0 N–H and O–H groups in total. The lowest BCUT2D eigenvalue weighted by Gasteiger charge is -2.36. The van der Waals surface area contributed by atoms with Gasteiger partial charge in [-0.15, -0.1) is 0 Å². The van der Waals surface area contributed by atoms with E-state index >= 15 is 0 Å². The van der Waals surface area contributed by atoms with Crippen molar-refractivity contribution in [1.82, 2.24) is 9.80 Å². The molecule has 0 spiro atoms. The molecule has 12 heteroatoms. The lowest BCUT2D eigenvalue weighted by atomic mass is 10.0. The number of benzene rings is 2. The zero-order valence-corrected chi connectivity index (χ0v) is 28.8. The number of nitrogens with zero attached hydrogens (tertiary/aromatic N) is 3. The summed E-state index contributed by atoms with van der Waals surface area (Å²) >= 11 is 0. The second-order valence-electron chi connectivity index (χ2n) is 13.0. The largest absolute Gasteiger partial charge is 0.497 e. The Balaban J connectivity index is 1.95. The molecule has 2 aromatic carbocycles. The van der Waals surface area contributed by atoms with Gasteiger partial charge in [0.15, 0.2) is 0 Å². The van der Waals surface area contributed by atoms with Gasteiger partial charge in [-0.25, -0.2) is 4.79 Å². The maximum atomic E-state index is 14.4. The first-order valence-electron chi connectivity index (χ1n) is 15.9. The van der Waals surface area contributed by atoms with Crippen LogP contribution in [0, 0.1) is 16.0 Å². The summed E-state index contributed by atoms with van der Waals surface area (Å²) < 4.78 is 29.3. The number of carbonyl (C=O) groups is 2. The molecule has 4 unspecified atom stereocenters. The molecular weight excluding hydrogens is 606 g/mol. The topological polar surface area (TPSA) is 130 Å². The van der Waals surface area contributed by atoms with Gasteiger partial charge in [0.25, 0.3) is 11.6 Å². The number of ether oxygens (including phenoxy) is 5. The summed E-state index contributed by atoms with van der Waals surface area (Å²) in [5.41, 5.74) is 0.146. The number of rotatable bonds is 9. The predicted molar refractivity (Wildman–Crippen MR) is 178 cm³/mol. The molecule has 4 atom stereocenters. The van der Waals surface area contributed by atoms with Crippen LogP contribution in [0.3, 0.4) is 0 Å². The van der Waals surface area contributed by atoms with E-state index in [0.717, 1.165) is 11.3 Å². The van der Waals surface area contributed by atoms with Crippen molar-refractivity contribution < 1.29 is 38.2 Å². The van der Waals surface area contributed by atoms with Crippen molar-refractivity contribution in [3.63, 3.8) is 0 Å². The van der Waals surface area contributed by atoms with Gasteiger partial charge in [-0.2, -0.15) is 0 Å². The average molecular weight is 656 g/mol. The molecule has 0 fully saturated rings. The number of methoxy groups -OCH3 is 1. The van der Waals surface area contributed by atoms with Crippen LogP contribution in [0.4, 0.5) is 10.5 Å². The monoisotopic (exact) mass is 655 g/mol. The van der Waals surface area contributed by atoms with Crippen LogP contribution in [0.2, 0.25) is 0 Å². The summed E-state index contributed by atoms with van der Waals surface area (Å²) in [6, 6.07) is 11.2. The second-order valence-corrected chi connectivity index (χ2v) is 13.0. The zero-order valence-electron chi connectivity index (χ0n) is 28.8. The minimum atomic E-state index is -0.664. The van der Waals surface area contributed by atoms with Gasteiger partial charge >= 0.3 is 6.09 Å². The Morgan fingerprint density at radius 2 is 1.85 bits per heavy atom. The lowest BCUT2D eigenvalue weighted by Crippen LogP contribution is -2.48. The number of likely N-dealkylation sites (N-methyl/N-ethyl adjacent to an activating group) is 1. The van der Waals surface area contributed by atoms with Gasteiger partial charge in [-0.3, -0.25) is 14.9 Å². The van der Waals surface area contributed by atoms with Gasteiger partial charge in [0, 0.05) is 38.1 Å². The van der Waals surface area contributed by atoms with E-state index < -0.39 is 34.7 Å². The second kappa shape index (κ2) is 17.1. The molecule has 2 amide bonds. The van der Waals surface area contributed by atoms with Crippen LogP contribution in [-0.4, -0.2) is 91.0 Å². The summed E-state index contributed by atoms with van der Waals surface area (Å²) in [7, 11) is 3.25. The molecule has 1 aliphatic rings. The fourth-order valence-corrected chi connectivity index (χ4v) is 4.99. The molecular formula is C35H49N3O9. The Morgan fingerprint density at radius 3 is 2.49 bits per heavy atom. The number of amides is 2. The number of fused-ring (bicyclic) bond motifs is 1. The molecule has 1 aliphatic heterocycles. The van der Waals surface area contributed by atoms with E-state index in [2.05, 4.69) is 0 Å². The van der Waals surface area contributed by atoms with E-state index in [4.69, 9.17) is 23.7 Å². The van der Waals surface area contributed by atoms with Gasteiger partial charge in [0.2, 0.25) is 0 Å². The van der Waals surface area contributed by atoms with E-state index in [1.165, 1.54) is 23.1 Å². The van der Waals surface area contributed by atoms with Crippen molar-refractivity contribution in [3.8, 4) is 11.5 Å². The summed E-state index contributed by atoms with van der Waals surface area (Å²) in [5.74, 6) is 0.294. The van der Waals surface area contributed by atoms with Gasteiger partial charge in [-0.1, -0.05) is 31.2 Å². The molecule has 258 valence electrons. The number of non-ortho nitro benzene ring substituents is 1. The van der Waals surface area contributed by atoms with E-state index in [9.17, 15) is 19.7 Å². The van der Waals surface area contributed by atoms with Crippen LogP contribution in [0.5, 0.6) is 11.5 Å². The van der Waals surface area contributed by atoms with Gasteiger partial charge in [0.1, 0.15) is 17.1 Å². The van der Waals surface area contributed by atoms with Crippen molar-refractivity contribution in [3.05, 3.63) is 75.9 Å². The van der Waals surface area contributed by atoms with Crippen LogP contribution in [0.15, 0.2) is 54.6 Å². The van der Waals surface area contributed by atoms with Crippen molar-refractivity contribution >= 4 is 17.7 Å². The molecule has 0 aliphatic carbocycles. The molecule has 0 bridgehead atoms.